The number of aryl methyl sites for hydroxylation is 3. The molecule has 0 aliphatic carbocycles. The Hall–Kier alpha value is -3.56. The van der Waals surface area contributed by atoms with Gasteiger partial charge in [0, 0.05) is 37.7 Å². The number of benzene rings is 1. The number of carbonyl (C=O) groups excluding carboxylic acids is 1. The predicted octanol–water partition coefficient (Wildman–Crippen LogP) is 3.22. The summed E-state index contributed by atoms with van der Waals surface area (Å²) in [5, 5.41) is 2.89. The number of H-pyrrole nitrogens is 1. The van der Waals surface area contributed by atoms with Crippen LogP contribution < -0.4 is 26.0 Å². The van der Waals surface area contributed by atoms with Gasteiger partial charge in [0.2, 0.25) is 5.91 Å². The topological polar surface area (TPSA) is 120 Å². The van der Waals surface area contributed by atoms with Gasteiger partial charge in [-0.1, -0.05) is 33.1 Å². The number of anilines is 1. The van der Waals surface area contributed by atoms with Crippen LogP contribution >= 0.6 is 0 Å². The molecule has 1 aliphatic heterocycles. The number of rotatable bonds is 11. The number of carbonyl (C=O) groups is 1. The Morgan fingerprint density at radius 1 is 1.03 bits per heavy atom. The van der Waals surface area contributed by atoms with E-state index in [1.165, 1.54) is 4.57 Å². The molecule has 0 saturated heterocycles. The van der Waals surface area contributed by atoms with E-state index in [-0.39, 0.29) is 12.3 Å². The van der Waals surface area contributed by atoms with Gasteiger partial charge in [0.25, 0.3) is 5.56 Å². The van der Waals surface area contributed by atoms with Gasteiger partial charge in [-0.15, -0.1) is 0 Å². The van der Waals surface area contributed by atoms with Crippen molar-refractivity contribution in [3.8, 4) is 11.5 Å². The van der Waals surface area contributed by atoms with Crippen LogP contribution in [0.3, 0.4) is 0 Å². The summed E-state index contributed by atoms with van der Waals surface area (Å²) in [6.07, 6.45) is 5.18. The van der Waals surface area contributed by atoms with E-state index in [2.05, 4.69) is 17.2 Å². The molecule has 0 radical (unpaired) electrons. The number of fused-ring (bicyclic) bond motifs is 2. The van der Waals surface area contributed by atoms with Crippen LogP contribution in [0.15, 0.2) is 27.8 Å². The average molecular weight is 484 g/mol. The van der Waals surface area contributed by atoms with Gasteiger partial charge in [0.15, 0.2) is 22.7 Å². The number of ether oxygens (including phenoxy) is 2. The first-order chi connectivity index (χ1) is 17.0. The zero-order valence-corrected chi connectivity index (χ0v) is 20.4. The quantitative estimate of drug-likeness (QED) is 0.404. The molecule has 3 heterocycles. The van der Waals surface area contributed by atoms with Crippen LogP contribution in [0.2, 0.25) is 0 Å². The number of amides is 1. The van der Waals surface area contributed by atoms with Crippen LogP contribution in [0.4, 0.5) is 5.69 Å². The Labute approximate surface area is 203 Å². The van der Waals surface area contributed by atoms with Gasteiger partial charge in [-0.3, -0.25) is 19.1 Å². The molecular formula is C25H33N5O5. The van der Waals surface area contributed by atoms with E-state index in [0.717, 1.165) is 32.1 Å². The first-order valence-corrected chi connectivity index (χ1v) is 12.4. The lowest BCUT2D eigenvalue weighted by atomic mass is 10.2. The molecule has 1 aliphatic rings. The molecule has 188 valence electrons. The summed E-state index contributed by atoms with van der Waals surface area (Å²) < 4.78 is 14.5. The number of hydrogen-bond donors (Lipinski definition) is 2. The summed E-state index contributed by atoms with van der Waals surface area (Å²) in [6.45, 7) is 6.23. The minimum atomic E-state index is -0.447. The Balaban J connectivity index is 1.56. The zero-order chi connectivity index (χ0) is 24.8. The van der Waals surface area contributed by atoms with Gasteiger partial charge in [-0.05, 0) is 25.0 Å². The molecule has 1 amide bonds. The second-order valence-corrected chi connectivity index (χ2v) is 8.73. The number of nitrogens with one attached hydrogen (secondary N) is 2. The standard InChI is InChI=1S/C25H33N5O5/c1-3-5-7-13-29-20(27-23-22(29)24(32)28-25(33)30(23)12-6-4-2)10-11-21(31)26-17-8-9-18-19(16-17)35-15-14-34-18/h8-9,16H,3-7,10-15H2,1-2H3,(H,26,31)(H,28,32,33). The highest BCUT2D eigenvalue weighted by Gasteiger charge is 2.19. The minimum absolute atomic E-state index is 0.175. The number of hydrogen-bond acceptors (Lipinski definition) is 6. The average Bonchev–Trinajstić information content (AvgIpc) is 3.21. The molecule has 0 atom stereocenters. The van der Waals surface area contributed by atoms with Crippen LogP contribution in [0.5, 0.6) is 11.5 Å². The maximum atomic E-state index is 12.8. The van der Waals surface area contributed by atoms with Crippen molar-refractivity contribution in [2.75, 3.05) is 18.5 Å². The molecule has 3 aromatic rings. The predicted molar refractivity (Wildman–Crippen MR) is 133 cm³/mol. The van der Waals surface area contributed by atoms with E-state index >= 15 is 0 Å². The minimum Gasteiger partial charge on any atom is -0.486 e. The SMILES string of the molecule is CCCCCn1c(CCC(=O)Nc2ccc3c(c2)OCCO3)nc2c1c(=O)[nH]c(=O)n2CCCC. The van der Waals surface area contributed by atoms with Gasteiger partial charge in [0.1, 0.15) is 19.0 Å². The van der Waals surface area contributed by atoms with E-state index in [9.17, 15) is 14.4 Å². The number of imidazole rings is 1. The highest BCUT2D eigenvalue weighted by atomic mass is 16.6. The van der Waals surface area contributed by atoms with Crippen molar-refractivity contribution in [2.24, 2.45) is 0 Å². The molecule has 10 nitrogen and oxygen atoms in total. The van der Waals surface area contributed by atoms with E-state index in [4.69, 9.17) is 14.5 Å². The molecule has 0 bridgehead atoms. The molecule has 2 N–H and O–H groups in total. The van der Waals surface area contributed by atoms with Crippen molar-refractivity contribution in [1.82, 2.24) is 19.1 Å². The van der Waals surface area contributed by atoms with Gasteiger partial charge >= 0.3 is 5.69 Å². The third-order valence-corrected chi connectivity index (χ3v) is 6.09. The van der Waals surface area contributed by atoms with Gasteiger partial charge in [0.05, 0.1) is 0 Å². The summed E-state index contributed by atoms with van der Waals surface area (Å²) >= 11 is 0. The molecule has 4 rings (SSSR count). The molecular weight excluding hydrogens is 450 g/mol. The monoisotopic (exact) mass is 483 g/mol. The summed E-state index contributed by atoms with van der Waals surface area (Å²) in [6, 6.07) is 5.30. The van der Waals surface area contributed by atoms with Gasteiger partial charge in [-0.2, -0.15) is 0 Å². The van der Waals surface area contributed by atoms with E-state index in [1.54, 1.807) is 18.2 Å². The molecule has 10 heteroatoms. The van der Waals surface area contributed by atoms with Crippen molar-refractivity contribution >= 4 is 22.8 Å². The lowest BCUT2D eigenvalue weighted by Crippen LogP contribution is -2.31. The number of aromatic amines is 1. The van der Waals surface area contributed by atoms with Crippen molar-refractivity contribution in [3.63, 3.8) is 0 Å². The Morgan fingerprint density at radius 2 is 1.77 bits per heavy atom. The first kappa shape index (κ1) is 24.6. The molecule has 2 aromatic heterocycles. The fourth-order valence-electron chi connectivity index (χ4n) is 4.26. The summed E-state index contributed by atoms with van der Waals surface area (Å²) in [7, 11) is 0. The third kappa shape index (κ3) is 5.58. The van der Waals surface area contributed by atoms with E-state index in [1.807, 2.05) is 11.5 Å². The van der Waals surface area contributed by atoms with Crippen molar-refractivity contribution in [2.45, 2.75) is 71.9 Å². The van der Waals surface area contributed by atoms with Crippen LogP contribution in [0.1, 0.15) is 58.2 Å². The van der Waals surface area contributed by atoms with Crippen LogP contribution in [-0.4, -0.2) is 38.2 Å². The fraction of sp³-hybridized carbons (Fsp3) is 0.520. The summed E-state index contributed by atoms with van der Waals surface area (Å²) in [5.74, 6) is 1.73. The molecule has 1 aromatic carbocycles. The van der Waals surface area contributed by atoms with Gasteiger partial charge in [-0.25, -0.2) is 9.78 Å². The maximum Gasteiger partial charge on any atom is 0.330 e. The lowest BCUT2D eigenvalue weighted by molar-refractivity contribution is -0.116. The molecule has 0 saturated carbocycles. The summed E-state index contributed by atoms with van der Waals surface area (Å²) in [5.41, 5.74) is 0.538. The normalized spacial score (nSPS) is 12.7. The van der Waals surface area contributed by atoms with Crippen molar-refractivity contribution < 1.29 is 14.3 Å². The fourth-order valence-corrected chi connectivity index (χ4v) is 4.26. The van der Waals surface area contributed by atoms with E-state index in [0.29, 0.717) is 66.9 Å². The molecule has 35 heavy (non-hydrogen) atoms. The summed E-state index contributed by atoms with van der Waals surface area (Å²) in [4.78, 5) is 45.1. The Morgan fingerprint density at radius 3 is 2.54 bits per heavy atom. The van der Waals surface area contributed by atoms with Crippen molar-refractivity contribution in [3.05, 3.63) is 44.9 Å². The van der Waals surface area contributed by atoms with Crippen molar-refractivity contribution in [1.29, 1.82) is 0 Å². The number of unbranched alkanes of at least 4 members (excludes halogenated alkanes) is 3. The Bertz CT molecular complexity index is 1310. The second kappa shape index (κ2) is 11.2. The Kier molecular flexibility index (Phi) is 7.89. The van der Waals surface area contributed by atoms with E-state index < -0.39 is 11.2 Å². The second-order valence-electron chi connectivity index (χ2n) is 8.73. The number of nitrogens with zero attached hydrogens (tertiary/aromatic N) is 3. The molecule has 0 spiro atoms. The third-order valence-electron chi connectivity index (χ3n) is 6.09. The lowest BCUT2D eigenvalue weighted by Gasteiger charge is -2.19. The van der Waals surface area contributed by atoms with Crippen LogP contribution in [-0.2, 0) is 24.3 Å². The largest absolute Gasteiger partial charge is 0.486 e. The van der Waals surface area contributed by atoms with Crippen LogP contribution in [0.25, 0.3) is 11.2 Å². The first-order valence-electron chi connectivity index (χ1n) is 12.4. The zero-order valence-electron chi connectivity index (χ0n) is 20.4. The number of aromatic nitrogens is 4. The molecule has 0 fully saturated rings. The van der Waals surface area contributed by atoms with Gasteiger partial charge < -0.3 is 19.4 Å². The maximum absolute atomic E-state index is 12.8. The highest BCUT2D eigenvalue weighted by molar-refractivity contribution is 5.91. The molecule has 0 unspecified atom stereocenters. The van der Waals surface area contributed by atoms with Crippen LogP contribution in [0, 0.1) is 0 Å². The smallest absolute Gasteiger partial charge is 0.330 e. The highest BCUT2D eigenvalue weighted by Crippen LogP contribution is 2.32.